The molecule has 0 amide bonds. The summed E-state index contributed by atoms with van der Waals surface area (Å²) in [5.41, 5.74) is 0. The van der Waals surface area contributed by atoms with E-state index in [1.807, 2.05) is 18.4 Å². The molecule has 0 fully saturated rings. The minimum Gasteiger partial charge on any atom is -0.466 e. The maximum absolute atomic E-state index is 11.9. The predicted octanol–water partition coefficient (Wildman–Crippen LogP) is 8.12. The average Bonchev–Trinajstić information content (AvgIpc) is 2.79. The summed E-state index contributed by atoms with van der Waals surface area (Å²) >= 11 is 1.64. The number of ether oxygens (including phenoxy) is 2. The Balaban J connectivity index is 1.87. The summed E-state index contributed by atoms with van der Waals surface area (Å²) in [4.78, 5) is 24.8. The van der Waals surface area contributed by atoms with Gasteiger partial charge in [0.25, 0.3) is 0 Å². The lowest BCUT2D eigenvalue weighted by Crippen LogP contribution is -2.10. The highest BCUT2D eigenvalue weighted by molar-refractivity contribution is 7.98. The Kier molecular flexibility index (Phi) is 18.0. The van der Waals surface area contributed by atoms with E-state index in [2.05, 4.69) is 6.92 Å². The van der Waals surface area contributed by atoms with Gasteiger partial charge < -0.3 is 9.47 Å². The molecule has 1 aromatic carbocycles. The number of benzene rings is 1. The fraction of sp³-hybridized carbons (Fsp3) is 0.704. The van der Waals surface area contributed by atoms with Crippen LogP contribution in [-0.2, 0) is 14.3 Å². The van der Waals surface area contributed by atoms with Gasteiger partial charge in [0.05, 0.1) is 6.61 Å². The maximum atomic E-state index is 11.9. The molecule has 0 aliphatic rings. The first-order valence-corrected chi connectivity index (χ1v) is 13.9. The molecule has 0 N–H and O–H groups in total. The van der Waals surface area contributed by atoms with Crippen LogP contribution in [0.2, 0.25) is 0 Å². The van der Waals surface area contributed by atoms with Crippen LogP contribution in [0.5, 0.6) is 5.75 Å². The van der Waals surface area contributed by atoms with E-state index in [-0.39, 0.29) is 24.8 Å². The molecule has 0 saturated heterocycles. The Morgan fingerprint density at radius 2 is 1.19 bits per heavy atom. The van der Waals surface area contributed by atoms with Gasteiger partial charge in [-0.25, -0.2) is 0 Å². The number of carbonyl (C=O) groups excluding carboxylic acids is 2. The van der Waals surface area contributed by atoms with Crippen molar-refractivity contribution in [2.45, 2.75) is 115 Å². The second-order valence-electron chi connectivity index (χ2n) is 8.47. The van der Waals surface area contributed by atoms with E-state index in [0.717, 1.165) is 17.7 Å². The molecule has 0 aromatic heterocycles. The Labute approximate surface area is 200 Å². The fourth-order valence-electron chi connectivity index (χ4n) is 3.58. The Hall–Kier alpha value is -1.49. The molecule has 0 heterocycles. The first-order valence-electron chi connectivity index (χ1n) is 12.7. The van der Waals surface area contributed by atoms with Crippen LogP contribution >= 0.6 is 11.8 Å². The van der Waals surface area contributed by atoms with Crippen molar-refractivity contribution < 1.29 is 19.1 Å². The zero-order valence-corrected chi connectivity index (χ0v) is 21.2. The van der Waals surface area contributed by atoms with E-state index in [1.54, 1.807) is 23.9 Å². The quantitative estimate of drug-likeness (QED) is 0.0844. The van der Waals surface area contributed by atoms with E-state index in [0.29, 0.717) is 18.8 Å². The van der Waals surface area contributed by atoms with Gasteiger partial charge in [-0.15, -0.1) is 11.8 Å². The molecule has 1 rings (SSSR count). The molecular formula is C27H44O4S. The van der Waals surface area contributed by atoms with Crippen LogP contribution in [0.3, 0.4) is 0 Å². The molecule has 0 saturated carbocycles. The van der Waals surface area contributed by atoms with Crippen LogP contribution in [0.4, 0.5) is 0 Å². The minimum atomic E-state index is -0.314. The van der Waals surface area contributed by atoms with Gasteiger partial charge in [-0.05, 0) is 43.4 Å². The van der Waals surface area contributed by atoms with Crippen molar-refractivity contribution in [3.05, 3.63) is 24.3 Å². The van der Waals surface area contributed by atoms with Gasteiger partial charge in [-0.3, -0.25) is 9.59 Å². The number of esters is 2. The Morgan fingerprint density at radius 1 is 0.688 bits per heavy atom. The van der Waals surface area contributed by atoms with Crippen LogP contribution in [0.25, 0.3) is 0 Å². The van der Waals surface area contributed by atoms with E-state index < -0.39 is 0 Å². The summed E-state index contributed by atoms with van der Waals surface area (Å²) in [6.07, 6.45) is 19.9. The third-order valence-electron chi connectivity index (χ3n) is 5.56. The molecule has 0 aliphatic heterocycles. The SMILES string of the molecule is CCCCCCCCCCCCCCCOC(=O)CCCC(=O)Oc1ccc(SC)cc1. The van der Waals surface area contributed by atoms with E-state index in [1.165, 1.54) is 70.6 Å². The average molecular weight is 465 g/mol. The normalized spacial score (nSPS) is 10.8. The lowest BCUT2D eigenvalue weighted by atomic mass is 10.0. The molecule has 0 spiro atoms. The van der Waals surface area contributed by atoms with E-state index in [4.69, 9.17) is 9.47 Å². The first-order chi connectivity index (χ1) is 15.7. The van der Waals surface area contributed by atoms with Crippen LogP contribution < -0.4 is 4.74 Å². The van der Waals surface area contributed by atoms with Crippen molar-refractivity contribution in [1.29, 1.82) is 0 Å². The highest BCUT2D eigenvalue weighted by Crippen LogP contribution is 2.19. The largest absolute Gasteiger partial charge is 0.466 e. The second kappa shape index (κ2) is 20.1. The van der Waals surface area contributed by atoms with Crippen molar-refractivity contribution >= 4 is 23.7 Å². The first kappa shape index (κ1) is 28.5. The van der Waals surface area contributed by atoms with Crippen molar-refractivity contribution in [1.82, 2.24) is 0 Å². The minimum absolute atomic E-state index is 0.220. The number of carbonyl (C=O) groups is 2. The smallest absolute Gasteiger partial charge is 0.311 e. The standard InChI is InChI=1S/C27H44O4S/c1-3-4-5-6-7-8-9-10-11-12-13-14-15-23-30-26(28)17-16-18-27(29)31-24-19-21-25(32-2)22-20-24/h19-22H,3-18,23H2,1-2H3. The molecule has 0 unspecified atom stereocenters. The molecule has 0 radical (unpaired) electrons. The fourth-order valence-corrected chi connectivity index (χ4v) is 3.99. The molecular weight excluding hydrogens is 420 g/mol. The number of hydrogen-bond donors (Lipinski definition) is 0. The highest BCUT2D eigenvalue weighted by Gasteiger charge is 2.08. The van der Waals surface area contributed by atoms with Gasteiger partial charge in [-0.1, -0.05) is 84.0 Å². The zero-order chi connectivity index (χ0) is 23.3. The summed E-state index contributed by atoms with van der Waals surface area (Å²) < 4.78 is 10.6. The van der Waals surface area contributed by atoms with Gasteiger partial charge in [-0.2, -0.15) is 0 Å². The Morgan fingerprint density at radius 3 is 1.72 bits per heavy atom. The summed E-state index contributed by atoms with van der Waals surface area (Å²) in [7, 11) is 0. The summed E-state index contributed by atoms with van der Waals surface area (Å²) in [6.45, 7) is 2.75. The third-order valence-corrected chi connectivity index (χ3v) is 6.31. The summed E-state index contributed by atoms with van der Waals surface area (Å²) in [5, 5.41) is 0. The highest BCUT2D eigenvalue weighted by atomic mass is 32.2. The van der Waals surface area contributed by atoms with Gasteiger partial charge in [0, 0.05) is 17.7 Å². The summed E-state index contributed by atoms with van der Waals surface area (Å²) in [6, 6.07) is 7.41. The van der Waals surface area contributed by atoms with Gasteiger partial charge in [0.2, 0.25) is 0 Å². The van der Waals surface area contributed by atoms with Gasteiger partial charge in [0.1, 0.15) is 5.75 Å². The zero-order valence-electron chi connectivity index (χ0n) is 20.4. The number of rotatable bonds is 20. The number of hydrogen-bond acceptors (Lipinski definition) is 5. The number of unbranched alkanes of at least 4 members (excludes halogenated alkanes) is 12. The predicted molar refractivity (Wildman–Crippen MR) is 134 cm³/mol. The van der Waals surface area contributed by atoms with E-state index >= 15 is 0 Å². The van der Waals surface area contributed by atoms with Crippen molar-refractivity contribution in [2.75, 3.05) is 12.9 Å². The van der Waals surface area contributed by atoms with Crippen molar-refractivity contribution in [2.24, 2.45) is 0 Å². The molecule has 0 bridgehead atoms. The molecule has 5 heteroatoms. The second-order valence-corrected chi connectivity index (χ2v) is 9.35. The maximum Gasteiger partial charge on any atom is 0.311 e. The Bertz CT molecular complexity index is 600. The number of thioether (sulfide) groups is 1. The molecule has 1 aromatic rings. The van der Waals surface area contributed by atoms with Crippen LogP contribution in [0.1, 0.15) is 110 Å². The molecule has 4 nitrogen and oxygen atoms in total. The van der Waals surface area contributed by atoms with Crippen LogP contribution in [0.15, 0.2) is 29.2 Å². The van der Waals surface area contributed by atoms with Gasteiger partial charge in [0.15, 0.2) is 0 Å². The molecule has 32 heavy (non-hydrogen) atoms. The lowest BCUT2D eigenvalue weighted by molar-refractivity contribution is -0.144. The molecule has 182 valence electrons. The van der Waals surface area contributed by atoms with Gasteiger partial charge >= 0.3 is 11.9 Å². The summed E-state index contributed by atoms with van der Waals surface area (Å²) in [5.74, 6) is 0.00467. The molecule has 0 aliphatic carbocycles. The third kappa shape index (κ3) is 16.2. The van der Waals surface area contributed by atoms with Crippen molar-refractivity contribution in [3.8, 4) is 5.75 Å². The van der Waals surface area contributed by atoms with Crippen molar-refractivity contribution in [3.63, 3.8) is 0 Å². The lowest BCUT2D eigenvalue weighted by Gasteiger charge is -2.06. The van der Waals surface area contributed by atoms with Crippen LogP contribution in [0, 0.1) is 0 Å². The molecule has 0 atom stereocenters. The van der Waals surface area contributed by atoms with Crippen LogP contribution in [-0.4, -0.2) is 24.8 Å². The topological polar surface area (TPSA) is 52.6 Å². The van der Waals surface area contributed by atoms with E-state index in [9.17, 15) is 9.59 Å². The monoisotopic (exact) mass is 464 g/mol.